The lowest BCUT2D eigenvalue weighted by atomic mass is 10.0. The standard InChI is InChI=1S/C16H21N5O2/c1-22-11-13-19-14(10-15(20-13)23-2)21-9-4-3-6-12(21)16-17-7-5-8-18-16/h5,7-8,10,12H,3-4,6,9,11H2,1-2H3. The highest BCUT2D eigenvalue weighted by Crippen LogP contribution is 2.33. The summed E-state index contributed by atoms with van der Waals surface area (Å²) in [6.45, 7) is 1.26. The molecule has 0 aliphatic carbocycles. The van der Waals surface area contributed by atoms with Crippen LogP contribution in [0, 0.1) is 0 Å². The molecule has 1 atom stereocenters. The SMILES string of the molecule is COCc1nc(OC)cc(N2CCCCC2c2ncccn2)n1. The molecule has 3 heterocycles. The Kier molecular flexibility index (Phi) is 4.97. The maximum atomic E-state index is 5.31. The van der Waals surface area contributed by atoms with Crippen molar-refractivity contribution in [2.75, 3.05) is 25.7 Å². The van der Waals surface area contributed by atoms with Crippen LogP contribution in [0.1, 0.15) is 37.0 Å². The van der Waals surface area contributed by atoms with Crippen molar-refractivity contribution in [2.45, 2.75) is 31.9 Å². The molecule has 2 aromatic heterocycles. The Hall–Kier alpha value is -2.28. The van der Waals surface area contributed by atoms with E-state index < -0.39 is 0 Å². The molecule has 1 fully saturated rings. The summed E-state index contributed by atoms with van der Waals surface area (Å²) in [7, 11) is 3.24. The minimum absolute atomic E-state index is 0.125. The molecule has 1 unspecified atom stereocenters. The van der Waals surface area contributed by atoms with Crippen LogP contribution in [0.4, 0.5) is 5.82 Å². The summed E-state index contributed by atoms with van der Waals surface area (Å²) < 4.78 is 10.5. The normalized spacial score (nSPS) is 18.0. The molecular weight excluding hydrogens is 294 g/mol. The van der Waals surface area contributed by atoms with Gasteiger partial charge in [-0.15, -0.1) is 0 Å². The van der Waals surface area contributed by atoms with Gasteiger partial charge in [-0.25, -0.2) is 15.0 Å². The number of nitrogens with zero attached hydrogens (tertiary/aromatic N) is 5. The van der Waals surface area contributed by atoms with Crippen LogP contribution in [-0.4, -0.2) is 40.7 Å². The molecule has 7 nitrogen and oxygen atoms in total. The number of hydrogen-bond donors (Lipinski definition) is 0. The lowest BCUT2D eigenvalue weighted by Gasteiger charge is -2.35. The fourth-order valence-corrected chi connectivity index (χ4v) is 2.86. The third kappa shape index (κ3) is 3.56. The summed E-state index contributed by atoms with van der Waals surface area (Å²) in [4.78, 5) is 20.0. The highest BCUT2D eigenvalue weighted by Gasteiger charge is 2.28. The largest absolute Gasteiger partial charge is 0.481 e. The minimum Gasteiger partial charge on any atom is -0.481 e. The van der Waals surface area contributed by atoms with E-state index in [4.69, 9.17) is 9.47 Å². The van der Waals surface area contributed by atoms with Crippen LogP contribution in [0.15, 0.2) is 24.5 Å². The van der Waals surface area contributed by atoms with Gasteiger partial charge in [0.15, 0.2) is 11.6 Å². The number of ether oxygens (including phenoxy) is 2. The van der Waals surface area contributed by atoms with Crippen LogP contribution in [0.5, 0.6) is 5.88 Å². The highest BCUT2D eigenvalue weighted by atomic mass is 16.5. The fourth-order valence-electron chi connectivity index (χ4n) is 2.86. The second kappa shape index (κ2) is 7.32. The van der Waals surface area contributed by atoms with Crippen molar-refractivity contribution in [3.8, 4) is 5.88 Å². The van der Waals surface area contributed by atoms with Crippen LogP contribution >= 0.6 is 0 Å². The van der Waals surface area contributed by atoms with Crippen LogP contribution in [0.2, 0.25) is 0 Å². The van der Waals surface area contributed by atoms with E-state index in [1.165, 1.54) is 0 Å². The van der Waals surface area contributed by atoms with Gasteiger partial charge in [-0.2, -0.15) is 4.98 Å². The Morgan fingerprint density at radius 1 is 1.17 bits per heavy atom. The molecule has 23 heavy (non-hydrogen) atoms. The molecule has 1 aliphatic rings. The van der Waals surface area contributed by atoms with Gasteiger partial charge in [-0.05, 0) is 25.3 Å². The number of aromatic nitrogens is 4. The van der Waals surface area contributed by atoms with E-state index in [0.29, 0.717) is 18.3 Å². The lowest BCUT2D eigenvalue weighted by Crippen LogP contribution is -2.35. The van der Waals surface area contributed by atoms with Gasteiger partial charge in [0, 0.05) is 32.1 Å². The smallest absolute Gasteiger partial charge is 0.218 e. The van der Waals surface area contributed by atoms with Gasteiger partial charge in [-0.1, -0.05) is 0 Å². The fraction of sp³-hybridized carbons (Fsp3) is 0.500. The molecule has 0 N–H and O–H groups in total. The van der Waals surface area contributed by atoms with Crippen molar-refractivity contribution in [2.24, 2.45) is 0 Å². The Bertz CT molecular complexity index is 638. The van der Waals surface area contributed by atoms with Crippen LogP contribution in [0.3, 0.4) is 0 Å². The first kappa shape index (κ1) is 15.6. The van der Waals surface area contributed by atoms with Crippen molar-refractivity contribution in [3.63, 3.8) is 0 Å². The third-order valence-corrected chi connectivity index (χ3v) is 3.90. The van der Waals surface area contributed by atoms with Crippen molar-refractivity contribution < 1.29 is 9.47 Å². The van der Waals surface area contributed by atoms with Gasteiger partial charge in [-0.3, -0.25) is 0 Å². The first-order chi connectivity index (χ1) is 11.3. The van der Waals surface area contributed by atoms with E-state index >= 15 is 0 Å². The van der Waals surface area contributed by atoms with Gasteiger partial charge in [0.25, 0.3) is 0 Å². The maximum absolute atomic E-state index is 5.31. The van der Waals surface area contributed by atoms with Gasteiger partial charge in [0.1, 0.15) is 12.4 Å². The molecule has 7 heteroatoms. The van der Waals surface area contributed by atoms with E-state index in [9.17, 15) is 0 Å². The number of hydrogen-bond acceptors (Lipinski definition) is 7. The van der Waals surface area contributed by atoms with E-state index in [-0.39, 0.29) is 6.04 Å². The summed E-state index contributed by atoms with van der Waals surface area (Å²) >= 11 is 0. The average molecular weight is 315 g/mol. The Morgan fingerprint density at radius 2 is 2.00 bits per heavy atom. The number of rotatable bonds is 5. The van der Waals surface area contributed by atoms with E-state index in [1.807, 2.05) is 12.1 Å². The van der Waals surface area contributed by atoms with Crippen molar-refractivity contribution in [3.05, 3.63) is 36.2 Å². The molecule has 1 saturated heterocycles. The van der Waals surface area contributed by atoms with Crippen LogP contribution in [0.25, 0.3) is 0 Å². The summed E-state index contributed by atoms with van der Waals surface area (Å²) in [5, 5.41) is 0. The zero-order valence-electron chi connectivity index (χ0n) is 13.5. The van der Waals surface area contributed by atoms with Crippen LogP contribution < -0.4 is 9.64 Å². The summed E-state index contributed by atoms with van der Waals surface area (Å²) in [6, 6.07) is 3.82. The lowest BCUT2D eigenvalue weighted by molar-refractivity contribution is 0.176. The van der Waals surface area contributed by atoms with Gasteiger partial charge >= 0.3 is 0 Å². The Morgan fingerprint density at radius 3 is 2.74 bits per heavy atom. The van der Waals surface area contributed by atoms with Gasteiger partial charge < -0.3 is 14.4 Å². The zero-order valence-corrected chi connectivity index (χ0v) is 13.5. The van der Waals surface area contributed by atoms with Gasteiger partial charge in [0.2, 0.25) is 5.88 Å². The van der Waals surface area contributed by atoms with E-state index in [0.717, 1.165) is 37.4 Å². The second-order valence-electron chi connectivity index (χ2n) is 5.43. The molecule has 0 radical (unpaired) electrons. The molecule has 2 aromatic rings. The first-order valence-electron chi connectivity index (χ1n) is 7.76. The molecule has 0 amide bonds. The average Bonchev–Trinajstić information content (AvgIpc) is 2.62. The zero-order chi connectivity index (χ0) is 16.1. The molecule has 122 valence electrons. The molecule has 0 spiro atoms. The van der Waals surface area contributed by atoms with Gasteiger partial charge in [0.05, 0.1) is 13.2 Å². The minimum atomic E-state index is 0.125. The third-order valence-electron chi connectivity index (χ3n) is 3.90. The highest BCUT2D eigenvalue weighted by molar-refractivity contribution is 5.44. The first-order valence-corrected chi connectivity index (χ1v) is 7.76. The van der Waals surface area contributed by atoms with Crippen LogP contribution in [-0.2, 0) is 11.3 Å². The van der Waals surface area contributed by atoms with Crippen molar-refractivity contribution >= 4 is 5.82 Å². The summed E-state index contributed by atoms with van der Waals surface area (Å²) in [5.74, 6) is 2.82. The monoisotopic (exact) mass is 315 g/mol. The molecule has 1 aliphatic heterocycles. The van der Waals surface area contributed by atoms with E-state index in [2.05, 4.69) is 24.8 Å². The van der Waals surface area contributed by atoms with Crippen molar-refractivity contribution in [1.29, 1.82) is 0 Å². The maximum Gasteiger partial charge on any atom is 0.218 e. The molecule has 0 bridgehead atoms. The quantitative estimate of drug-likeness (QED) is 0.837. The molecule has 0 aromatic carbocycles. The molecule has 0 saturated carbocycles. The molecular formula is C16H21N5O2. The number of piperidine rings is 1. The number of anilines is 1. The Labute approximate surface area is 135 Å². The predicted molar refractivity (Wildman–Crippen MR) is 85.3 cm³/mol. The summed E-state index contributed by atoms with van der Waals surface area (Å²) in [5.41, 5.74) is 0. The Balaban J connectivity index is 1.95. The van der Waals surface area contributed by atoms with E-state index in [1.54, 1.807) is 26.6 Å². The number of methoxy groups -OCH3 is 2. The topological polar surface area (TPSA) is 73.3 Å². The van der Waals surface area contributed by atoms with Crippen molar-refractivity contribution in [1.82, 2.24) is 19.9 Å². The second-order valence-corrected chi connectivity index (χ2v) is 5.43. The molecule has 3 rings (SSSR count). The summed E-state index contributed by atoms with van der Waals surface area (Å²) in [6.07, 6.45) is 6.86. The predicted octanol–water partition coefficient (Wildman–Crippen LogP) is 2.15.